The summed E-state index contributed by atoms with van der Waals surface area (Å²) in [5, 5.41) is 8.89. The molecule has 4 nitrogen and oxygen atoms in total. The molecule has 0 spiro atoms. The molecule has 0 aromatic carbocycles. The number of carbonyl (C=O) groups is 2. The third-order valence-corrected chi connectivity index (χ3v) is 3.22. The van der Waals surface area contributed by atoms with E-state index in [9.17, 15) is 9.59 Å². The van der Waals surface area contributed by atoms with Gasteiger partial charge >= 0.3 is 5.97 Å². The Morgan fingerprint density at radius 3 is 2.88 bits per heavy atom. The summed E-state index contributed by atoms with van der Waals surface area (Å²) in [6.07, 6.45) is 4.15. The number of hydrogen-bond donors (Lipinski definition) is 1. The van der Waals surface area contributed by atoms with Crippen molar-refractivity contribution < 1.29 is 14.7 Å². The van der Waals surface area contributed by atoms with Gasteiger partial charge in [-0.2, -0.15) is 0 Å². The van der Waals surface area contributed by atoms with Gasteiger partial charge in [0.2, 0.25) is 0 Å². The van der Waals surface area contributed by atoms with Crippen molar-refractivity contribution in [2.45, 2.75) is 33.1 Å². The second kappa shape index (κ2) is 3.54. The fraction of sp³-hybridized carbons (Fsp3) is 0.583. The van der Waals surface area contributed by atoms with Crippen LogP contribution >= 0.6 is 0 Å². The summed E-state index contributed by atoms with van der Waals surface area (Å²) >= 11 is 0. The van der Waals surface area contributed by atoms with Crippen molar-refractivity contribution in [3.8, 4) is 0 Å². The molecular formula is C12H15NO3. The minimum absolute atomic E-state index is 0.175. The van der Waals surface area contributed by atoms with Crippen LogP contribution in [0.4, 0.5) is 0 Å². The molecule has 1 amide bonds. The minimum atomic E-state index is -1.11. The number of allylic oxidation sites excluding steroid dienone is 1. The van der Waals surface area contributed by atoms with Crippen LogP contribution in [0.1, 0.15) is 33.1 Å². The minimum Gasteiger partial charge on any atom is -0.480 e. The predicted octanol–water partition coefficient (Wildman–Crippen LogP) is 1.80. The summed E-state index contributed by atoms with van der Waals surface area (Å²) in [5.41, 5.74) is 1.92. The number of carboxylic acid groups (broad SMARTS) is 1. The Hall–Kier alpha value is -1.45. The SMILES string of the molecule is CC1(C)CCC2=NC(=O)C(C(=O)O)C=C2C1. The van der Waals surface area contributed by atoms with Gasteiger partial charge in [-0.15, -0.1) is 0 Å². The first-order valence-corrected chi connectivity index (χ1v) is 5.44. The average Bonchev–Trinajstić information content (AvgIpc) is 2.16. The quantitative estimate of drug-likeness (QED) is 0.686. The van der Waals surface area contributed by atoms with Crippen LogP contribution in [0.3, 0.4) is 0 Å². The highest BCUT2D eigenvalue weighted by molar-refractivity contribution is 6.14. The van der Waals surface area contributed by atoms with Crippen molar-refractivity contribution >= 4 is 17.6 Å². The predicted molar refractivity (Wildman–Crippen MR) is 59.3 cm³/mol. The Balaban J connectivity index is 2.31. The molecule has 1 aliphatic heterocycles. The number of hydrogen-bond acceptors (Lipinski definition) is 2. The summed E-state index contributed by atoms with van der Waals surface area (Å²) in [6.45, 7) is 4.30. The zero-order chi connectivity index (χ0) is 11.9. The lowest BCUT2D eigenvalue weighted by molar-refractivity contribution is -0.143. The maximum absolute atomic E-state index is 11.4. The summed E-state index contributed by atoms with van der Waals surface area (Å²) in [5.74, 6) is -2.72. The van der Waals surface area contributed by atoms with E-state index in [1.165, 1.54) is 0 Å². The second-order valence-corrected chi connectivity index (χ2v) is 5.25. The number of nitrogens with zero attached hydrogens (tertiary/aromatic N) is 1. The number of aliphatic imine (C=N–C) groups is 1. The highest BCUT2D eigenvalue weighted by Gasteiger charge is 2.35. The molecule has 86 valence electrons. The molecule has 0 radical (unpaired) electrons. The smallest absolute Gasteiger partial charge is 0.320 e. The molecule has 0 saturated heterocycles. The fourth-order valence-corrected chi connectivity index (χ4v) is 2.26. The first kappa shape index (κ1) is 11.0. The lowest BCUT2D eigenvalue weighted by atomic mass is 9.72. The lowest BCUT2D eigenvalue weighted by Gasteiger charge is -2.33. The topological polar surface area (TPSA) is 66.7 Å². The Morgan fingerprint density at radius 1 is 1.56 bits per heavy atom. The largest absolute Gasteiger partial charge is 0.480 e. The Labute approximate surface area is 94.1 Å². The van der Waals surface area contributed by atoms with Crippen LogP contribution in [0.2, 0.25) is 0 Å². The highest BCUT2D eigenvalue weighted by atomic mass is 16.4. The first-order valence-electron chi connectivity index (χ1n) is 5.44. The van der Waals surface area contributed by atoms with Gasteiger partial charge < -0.3 is 5.11 Å². The molecule has 16 heavy (non-hydrogen) atoms. The van der Waals surface area contributed by atoms with E-state index in [1.54, 1.807) is 6.08 Å². The Morgan fingerprint density at radius 2 is 2.25 bits per heavy atom. The van der Waals surface area contributed by atoms with Crippen LogP contribution < -0.4 is 0 Å². The van der Waals surface area contributed by atoms with Crippen LogP contribution in [0, 0.1) is 11.3 Å². The van der Waals surface area contributed by atoms with Gasteiger partial charge in [0.1, 0.15) is 0 Å². The number of rotatable bonds is 1. The molecule has 0 aromatic heterocycles. The zero-order valence-electron chi connectivity index (χ0n) is 9.49. The van der Waals surface area contributed by atoms with E-state index in [0.717, 1.165) is 30.5 Å². The number of aliphatic carboxylic acids is 1. The van der Waals surface area contributed by atoms with Crippen LogP contribution in [0.25, 0.3) is 0 Å². The van der Waals surface area contributed by atoms with E-state index < -0.39 is 17.8 Å². The monoisotopic (exact) mass is 221 g/mol. The molecular weight excluding hydrogens is 206 g/mol. The van der Waals surface area contributed by atoms with Gasteiger partial charge in [-0.05, 0) is 30.3 Å². The number of fused-ring (bicyclic) bond motifs is 1. The van der Waals surface area contributed by atoms with Gasteiger partial charge in [0.05, 0.1) is 0 Å². The van der Waals surface area contributed by atoms with Gasteiger partial charge in [0.15, 0.2) is 5.92 Å². The van der Waals surface area contributed by atoms with Crippen LogP contribution in [0.5, 0.6) is 0 Å². The molecule has 1 N–H and O–H groups in total. The first-order chi connectivity index (χ1) is 7.39. The van der Waals surface area contributed by atoms with Crippen molar-refractivity contribution in [1.29, 1.82) is 0 Å². The van der Waals surface area contributed by atoms with Gasteiger partial charge in [-0.3, -0.25) is 9.59 Å². The zero-order valence-corrected chi connectivity index (χ0v) is 9.49. The van der Waals surface area contributed by atoms with E-state index in [0.29, 0.717) is 0 Å². The van der Waals surface area contributed by atoms with E-state index >= 15 is 0 Å². The molecule has 2 rings (SSSR count). The third kappa shape index (κ3) is 1.92. The molecule has 1 fully saturated rings. The molecule has 1 heterocycles. The van der Waals surface area contributed by atoms with Crippen LogP contribution in [-0.4, -0.2) is 22.7 Å². The molecule has 1 saturated carbocycles. The summed E-state index contributed by atoms with van der Waals surface area (Å²) in [6, 6.07) is 0. The highest BCUT2D eigenvalue weighted by Crippen LogP contribution is 2.38. The number of amides is 1. The molecule has 1 atom stereocenters. The second-order valence-electron chi connectivity index (χ2n) is 5.25. The fourth-order valence-electron chi connectivity index (χ4n) is 2.26. The molecule has 1 aliphatic carbocycles. The van der Waals surface area contributed by atoms with Gasteiger partial charge in [-0.1, -0.05) is 19.9 Å². The van der Waals surface area contributed by atoms with Gasteiger partial charge in [0.25, 0.3) is 5.91 Å². The normalized spacial score (nSPS) is 27.9. The number of carbonyl (C=O) groups excluding carboxylic acids is 1. The lowest BCUT2D eigenvalue weighted by Crippen LogP contribution is -2.31. The van der Waals surface area contributed by atoms with Crippen molar-refractivity contribution in [3.63, 3.8) is 0 Å². The van der Waals surface area contributed by atoms with E-state index in [1.807, 2.05) is 0 Å². The maximum Gasteiger partial charge on any atom is 0.320 e. The molecule has 0 aromatic rings. The van der Waals surface area contributed by atoms with Crippen molar-refractivity contribution in [2.75, 3.05) is 0 Å². The number of dihydropyridines is 1. The van der Waals surface area contributed by atoms with Gasteiger partial charge in [-0.25, -0.2) is 4.99 Å². The molecule has 2 aliphatic rings. The maximum atomic E-state index is 11.4. The van der Waals surface area contributed by atoms with E-state index in [2.05, 4.69) is 18.8 Å². The van der Waals surface area contributed by atoms with Gasteiger partial charge in [0, 0.05) is 5.71 Å². The Bertz CT molecular complexity index is 418. The average molecular weight is 221 g/mol. The summed E-state index contributed by atoms with van der Waals surface area (Å²) < 4.78 is 0. The van der Waals surface area contributed by atoms with Crippen LogP contribution in [-0.2, 0) is 9.59 Å². The molecule has 4 heteroatoms. The standard InChI is InChI=1S/C12H15NO3/c1-12(2)4-3-9-7(6-12)5-8(11(15)16)10(14)13-9/h5,8H,3-4,6H2,1-2H3,(H,15,16). The van der Waals surface area contributed by atoms with E-state index in [-0.39, 0.29) is 5.41 Å². The van der Waals surface area contributed by atoms with Crippen LogP contribution in [0.15, 0.2) is 16.6 Å². The van der Waals surface area contributed by atoms with Crippen molar-refractivity contribution in [3.05, 3.63) is 11.6 Å². The third-order valence-electron chi connectivity index (χ3n) is 3.22. The summed E-state index contributed by atoms with van der Waals surface area (Å²) in [4.78, 5) is 26.2. The Kier molecular flexibility index (Phi) is 2.45. The van der Waals surface area contributed by atoms with Crippen molar-refractivity contribution in [1.82, 2.24) is 0 Å². The van der Waals surface area contributed by atoms with Crippen molar-refractivity contribution in [2.24, 2.45) is 16.3 Å². The molecule has 1 unspecified atom stereocenters. The van der Waals surface area contributed by atoms with E-state index in [4.69, 9.17) is 5.11 Å². The molecule has 0 bridgehead atoms. The summed E-state index contributed by atoms with van der Waals surface area (Å²) in [7, 11) is 0. The number of carboxylic acids is 1.